The summed E-state index contributed by atoms with van der Waals surface area (Å²) < 4.78 is 1.74. The summed E-state index contributed by atoms with van der Waals surface area (Å²) in [6, 6.07) is 9.30. The number of rotatable bonds is 4. The zero-order valence-corrected chi connectivity index (χ0v) is 12.9. The molecule has 0 bridgehead atoms. The minimum atomic E-state index is -0.422. The summed E-state index contributed by atoms with van der Waals surface area (Å²) in [7, 11) is 0. The van der Waals surface area contributed by atoms with Gasteiger partial charge in [0.05, 0.1) is 18.3 Å². The number of carbonyl (C=O) groups excluding carboxylic acids is 2. The molecule has 0 radical (unpaired) electrons. The lowest BCUT2D eigenvalue weighted by Crippen LogP contribution is -2.45. The van der Waals surface area contributed by atoms with E-state index in [0.29, 0.717) is 13.0 Å². The van der Waals surface area contributed by atoms with Gasteiger partial charge in [-0.2, -0.15) is 5.10 Å². The molecule has 0 aliphatic carbocycles. The van der Waals surface area contributed by atoms with Crippen molar-refractivity contribution in [1.82, 2.24) is 20.4 Å². The van der Waals surface area contributed by atoms with Gasteiger partial charge in [0.25, 0.3) is 0 Å². The minimum absolute atomic E-state index is 0.0872. The summed E-state index contributed by atoms with van der Waals surface area (Å²) in [6.45, 7) is 0.690. The number of nitrogens with zero attached hydrogens (tertiary/aromatic N) is 2. The molecule has 6 heteroatoms. The maximum Gasteiger partial charge on any atom is 0.242 e. The number of amides is 2. The van der Waals surface area contributed by atoms with Crippen LogP contribution in [-0.4, -0.2) is 34.2 Å². The quantitative estimate of drug-likeness (QED) is 0.890. The van der Waals surface area contributed by atoms with Crippen molar-refractivity contribution in [2.75, 3.05) is 6.54 Å². The molecule has 1 saturated heterocycles. The van der Waals surface area contributed by atoms with Crippen molar-refractivity contribution in [3.63, 3.8) is 0 Å². The normalized spacial score (nSPS) is 18.1. The van der Waals surface area contributed by atoms with Crippen LogP contribution in [0, 0.1) is 0 Å². The Morgan fingerprint density at radius 2 is 2.13 bits per heavy atom. The van der Waals surface area contributed by atoms with Crippen LogP contribution < -0.4 is 10.6 Å². The van der Waals surface area contributed by atoms with Gasteiger partial charge in [-0.3, -0.25) is 9.59 Å². The van der Waals surface area contributed by atoms with E-state index in [1.165, 1.54) is 0 Å². The maximum atomic E-state index is 12.2. The van der Waals surface area contributed by atoms with Crippen molar-refractivity contribution in [3.05, 3.63) is 48.3 Å². The zero-order chi connectivity index (χ0) is 16.1. The molecule has 0 spiro atoms. The van der Waals surface area contributed by atoms with Crippen molar-refractivity contribution in [2.24, 2.45) is 0 Å². The predicted molar refractivity (Wildman–Crippen MR) is 86.1 cm³/mol. The van der Waals surface area contributed by atoms with Gasteiger partial charge in [-0.15, -0.1) is 0 Å². The highest BCUT2D eigenvalue weighted by Gasteiger charge is 2.22. The van der Waals surface area contributed by atoms with Gasteiger partial charge in [-0.1, -0.05) is 18.2 Å². The number of aromatic nitrogens is 2. The molecule has 3 rings (SSSR count). The molecule has 1 aliphatic rings. The first-order valence-corrected chi connectivity index (χ1v) is 7.88. The second-order valence-corrected chi connectivity index (χ2v) is 5.71. The Morgan fingerprint density at radius 3 is 2.96 bits per heavy atom. The monoisotopic (exact) mass is 312 g/mol. The molecule has 1 aliphatic heterocycles. The van der Waals surface area contributed by atoms with Crippen molar-refractivity contribution in [3.8, 4) is 5.69 Å². The van der Waals surface area contributed by atoms with E-state index in [4.69, 9.17) is 0 Å². The van der Waals surface area contributed by atoms with Crippen LogP contribution >= 0.6 is 0 Å². The van der Waals surface area contributed by atoms with E-state index in [1.54, 1.807) is 10.9 Å². The van der Waals surface area contributed by atoms with Crippen molar-refractivity contribution >= 4 is 11.8 Å². The van der Waals surface area contributed by atoms with E-state index in [0.717, 1.165) is 24.1 Å². The summed E-state index contributed by atoms with van der Waals surface area (Å²) in [4.78, 5) is 24.0. The highest BCUT2D eigenvalue weighted by molar-refractivity contribution is 5.88. The van der Waals surface area contributed by atoms with Gasteiger partial charge >= 0.3 is 0 Å². The average molecular weight is 312 g/mol. The van der Waals surface area contributed by atoms with Crippen LogP contribution in [0.1, 0.15) is 24.8 Å². The maximum absolute atomic E-state index is 12.2. The number of benzene rings is 1. The number of hydrogen-bond acceptors (Lipinski definition) is 3. The Bertz CT molecular complexity index is 681. The Kier molecular flexibility index (Phi) is 4.71. The molecule has 1 aromatic carbocycles. The van der Waals surface area contributed by atoms with E-state index in [-0.39, 0.29) is 18.2 Å². The highest BCUT2D eigenvalue weighted by atomic mass is 16.2. The van der Waals surface area contributed by atoms with Gasteiger partial charge in [0.1, 0.15) is 6.04 Å². The van der Waals surface area contributed by atoms with Crippen LogP contribution in [0.5, 0.6) is 0 Å². The second kappa shape index (κ2) is 7.09. The first kappa shape index (κ1) is 15.3. The number of nitrogens with one attached hydrogen (secondary N) is 2. The van der Waals surface area contributed by atoms with Crippen LogP contribution in [0.25, 0.3) is 5.69 Å². The predicted octanol–water partition coefficient (Wildman–Crippen LogP) is 1.20. The van der Waals surface area contributed by atoms with E-state index < -0.39 is 6.04 Å². The largest absolute Gasteiger partial charge is 0.354 e. The number of para-hydroxylation sites is 1. The lowest BCUT2D eigenvalue weighted by atomic mass is 10.1. The van der Waals surface area contributed by atoms with Crippen LogP contribution in [0.4, 0.5) is 0 Å². The molecule has 0 unspecified atom stereocenters. The third-order valence-corrected chi connectivity index (χ3v) is 3.89. The van der Waals surface area contributed by atoms with Crippen molar-refractivity contribution < 1.29 is 9.59 Å². The lowest BCUT2D eigenvalue weighted by molar-refractivity contribution is -0.128. The van der Waals surface area contributed by atoms with E-state index >= 15 is 0 Å². The van der Waals surface area contributed by atoms with Gasteiger partial charge in [0, 0.05) is 12.7 Å². The third-order valence-electron chi connectivity index (χ3n) is 3.89. The number of hydrogen-bond donors (Lipinski definition) is 2. The SMILES string of the molecule is O=C(Cc1cnn(-c2ccccc2)c1)N[C@@H]1CCCCNC1=O. The molecule has 0 saturated carbocycles. The Balaban J connectivity index is 1.60. The van der Waals surface area contributed by atoms with E-state index in [2.05, 4.69) is 15.7 Å². The van der Waals surface area contributed by atoms with Crippen molar-refractivity contribution in [2.45, 2.75) is 31.7 Å². The van der Waals surface area contributed by atoms with Gasteiger partial charge in [0.15, 0.2) is 0 Å². The zero-order valence-electron chi connectivity index (χ0n) is 12.9. The fraction of sp³-hybridized carbons (Fsp3) is 0.353. The Morgan fingerprint density at radius 1 is 1.30 bits per heavy atom. The molecular formula is C17H20N4O2. The van der Waals surface area contributed by atoms with Crippen molar-refractivity contribution in [1.29, 1.82) is 0 Å². The van der Waals surface area contributed by atoms with E-state index in [1.807, 2.05) is 36.5 Å². The standard InChI is InChI=1S/C17H20N4O2/c22-16(20-15-8-4-5-9-18-17(15)23)10-13-11-19-21(12-13)14-6-2-1-3-7-14/h1-3,6-7,11-12,15H,4-5,8-10H2,(H,18,23)(H,20,22)/t15-/m1/s1. The highest BCUT2D eigenvalue weighted by Crippen LogP contribution is 2.09. The molecule has 2 heterocycles. The molecular weight excluding hydrogens is 292 g/mol. The summed E-state index contributed by atoms with van der Waals surface area (Å²) >= 11 is 0. The molecule has 1 aromatic heterocycles. The molecule has 1 fully saturated rings. The molecule has 6 nitrogen and oxygen atoms in total. The molecule has 120 valence electrons. The van der Waals surface area contributed by atoms with E-state index in [9.17, 15) is 9.59 Å². The summed E-state index contributed by atoms with van der Waals surface area (Å²) in [5, 5.41) is 9.91. The second-order valence-electron chi connectivity index (χ2n) is 5.71. The van der Waals surface area contributed by atoms with Gasteiger partial charge < -0.3 is 10.6 Å². The molecule has 2 N–H and O–H groups in total. The van der Waals surface area contributed by atoms with Gasteiger partial charge in [-0.25, -0.2) is 4.68 Å². The number of carbonyl (C=O) groups is 2. The fourth-order valence-corrected chi connectivity index (χ4v) is 2.68. The first-order chi connectivity index (χ1) is 11.2. The molecule has 2 aromatic rings. The first-order valence-electron chi connectivity index (χ1n) is 7.88. The molecule has 23 heavy (non-hydrogen) atoms. The van der Waals surface area contributed by atoms with Crippen LogP contribution in [0.15, 0.2) is 42.7 Å². The lowest BCUT2D eigenvalue weighted by Gasteiger charge is -2.14. The fourth-order valence-electron chi connectivity index (χ4n) is 2.68. The molecule has 1 atom stereocenters. The topological polar surface area (TPSA) is 76.0 Å². The Labute approximate surface area is 134 Å². The molecule has 2 amide bonds. The summed E-state index contributed by atoms with van der Waals surface area (Å²) in [5.74, 6) is -0.240. The minimum Gasteiger partial charge on any atom is -0.354 e. The summed E-state index contributed by atoms with van der Waals surface area (Å²) in [6.07, 6.45) is 6.33. The Hall–Kier alpha value is -2.63. The smallest absolute Gasteiger partial charge is 0.242 e. The van der Waals surface area contributed by atoms with Gasteiger partial charge in [0.2, 0.25) is 11.8 Å². The third kappa shape index (κ3) is 3.97. The van der Waals surface area contributed by atoms with Gasteiger partial charge in [-0.05, 0) is 37.0 Å². The average Bonchev–Trinajstić information content (AvgIpc) is 2.93. The van der Waals surface area contributed by atoms with Crippen LogP contribution in [0.2, 0.25) is 0 Å². The summed E-state index contributed by atoms with van der Waals surface area (Å²) in [5.41, 5.74) is 1.77. The van der Waals surface area contributed by atoms with Crippen LogP contribution in [-0.2, 0) is 16.0 Å². The van der Waals surface area contributed by atoms with Crippen LogP contribution in [0.3, 0.4) is 0 Å².